The Morgan fingerprint density at radius 2 is 1.71 bits per heavy atom. The highest BCUT2D eigenvalue weighted by atomic mass is 32.2. The molecule has 1 heterocycles. The number of sulfone groups is 1. The summed E-state index contributed by atoms with van der Waals surface area (Å²) in [6, 6.07) is 0. The van der Waals surface area contributed by atoms with Gasteiger partial charge < -0.3 is 5.11 Å². The minimum atomic E-state index is -3.04. The van der Waals surface area contributed by atoms with Crippen molar-refractivity contribution in [3.8, 4) is 0 Å². The zero-order valence-corrected chi connectivity index (χ0v) is 11.5. The van der Waals surface area contributed by atoms with E-state index >= 15 is 0 Å². The van der Waals surface area contributed by atoms with Gasteiger partial charge in [-0.25, -0.2) is 8.42 Å². The van der Waals surface area contributed by atoms with Crippen molar-refractivity contribution in [1.82, 2.24) is 0 Å². The monoisotopic (exact) mass is 260 g/mol. The quantitative estimate of drug-likeness (QED) is 0.827. The summed E-state index contributed by atoms with van der Waals surface area (Å²) in [7, 11) is -3.04. The molecule has 2 atom stereocenters. The van der Waals surface area contributed by atoms with Crippen LogP contribution in [-0.4, -0.2) is 30.6 Å². The Labute approximate surface area is 105 Å². The first kappa shape index (κ1) is 13.3. The van der Waals surface area contributed by atoms with Crippen LogP contribution in [0.25, 0.3) is 0 Å². The van der Waals surface area contributed by atoms with Crippen LogP contribution in [0.4, 0.5) is 0 Å². The molecule has 1 aliphatic heterocycles. The van der Waals surface area contributed by atoms with Gasteiger partial charge in [0.2, 0.25) is 0 Å². The van der Waals surface area contributed by atoms with Crippen LogP contribution < -0.4 is 0 Å². The highest BCUT2D eigenvalue weighted by Gasteiger charge is 2.39. The van der Waals surface area contributed by atoms with Gasteiger partial charge in [-0.3, -0.25) is 0 Å². The molecule has 4 heteroatoms. The van der Waals surface area contributed by atoms with Gasteiger partial charge in [-0.2, -0.15) is 0 Å². The highest BCUT2D eigenvalue weighted by Crippen LogP contribution is 2.35. The molecule has 1 saturated heterocycles. The van der Waals surface area contributed by atoms with Crippen LogP contribution in [0.3, 0.4) is 0 Å². The van der Waals surface area contributed by atoms with Gasteiger partial charge >= 0.3 is 0 Å². The number of hydrogen-bond donors (Lipinski definition) is 1. The topological polar surface area (TPSA) is 54.4 Å². The second kappa shape index (κ2) is 5.27. The first-order valence-corrected chi connectivity index (χ1v) is 8.62. The lowest BCUT2D eigenvalue weighted by Crippen LogP contribution is -2.43. The van der Waals surface area contributed by atoms with E-state index in [1.54, 1.807) is 0 Å². The molecule has 100 valence electrons. The predicted octanol–water partition coefficient (Wildman–Crippen LogP) is 2.14. The minimum absolute atomic E-state index is 0.212. The minimum Gasteiger partial charge on any atom is -0.391 e. The summed E-state index contributed by atoms with van der Waals surface area (Å²) in [5, 5.41) is 9.86. The van der Waals surface area contributed by atoms with E-state index in [4.69, 9.17) is 0 Å². The molecule has 0 radical (unpaired) electrons. The molecule has 0 aromatic rings. The third kappa shape index (κ3) is 3.02. The molecule has 2 rings (SSSR count). The van der Waals surface area contributed by atoms with Crippen molar-refractivity contribution in [2.24, 2.45) is 11.8 Å². The summed E-state index contributed by atoms with van der Waals surface area (Å²) in [6.07, 6.45) is 6.02. The molecule has 3 nitrogen and oxygen atoms in total. The first-order valence-electron chi connectivity index (χ1n) is 6.90. The summed E-state index contributed by atoms with van der Waals surface area (Å²) >= 11 is 0. The zero-order chi connectivity index (χ0) is 12.5. The van der Waals surface area contributed by atoms with E-state index in [1.807, 2.05) is 0 Å². The van der Waals surface area contributed by atoms with Gasteiger partial charge in [0.15, 0.2) is 9.84 Å². The maximum absolute atomic E-state index is 12.0. The van der Waals surface area contributed by atoms with Gasteiger partial charge in [-0.1, -0.05) is 26.2 Å². The normalized spacial score (nSPS) is 39.8. The summed E-state index contributed by atoms with van der Waals surface area (Å²) in [5.74, 6) is 1.23. The molecule has 0 aromatic carbocycles. The van der Waals surface area contributed by atoms with E-state index in [0.717, 1.165) is 44.4 Å². The first-order chi connectivity index (χ1) is 8.00. The third-order valence-electron chi connectivity index (χ3n) is 4.55. The van der Waals surface area contributed by atoms with Gasteiger partial charge in [-0.15, -0.1) is 0 Å². The smallest absolute Gasteiger partial charge is 0.155 e. The number of aliphatic hydroxyl groups excluding tert-OH is 1. The standard InChI is InChI=1S/C13H24O3S/c1-10-5-7-11(8-6-10)13(14)12-4-2-3-9-17(12,15)16/h10-14H,2-9H2,1H3. The van der Waals surface area contributed by atoms with Gasteiger partial charge in [0.25, 0.3) is 0 Å². The Balaban J connectivity index is 2.01. The van der Waals surface area contributed by atoms with Crippen LogP contribution in [0.2, 0.25) is 0 Å². The summed E-state index contributed by atoms with van der Waals surface area (Å²) in [5.41, 5.74) is 0. The van der Waals surface area contributed by atoms with E-state index < -0.39 is 21.2 Å². The average Bonchev–Trinajstić information content (AvgIpc) is 2.28. The highest BCUT2D eigenvalue weighted by molar-refractivity contribution is 7.92. The molecule has 1 aliphatic carbocycles. The molecule has 2 unspecified atom stereocenters. The fraction of sp³-hybridized carbons (Fsp3) is 1.00. The number of hydrogen-bond acceptors (Lipinski definition) is 3. The Morgan fingerprint density at radius 3 is 2.29 bits per heavy atom. The Hall–Kier alpha value is -0.0900. The second-order valence-corrected chi connectivity index (χ2v) is 8.25. The fourth-order valence-corrected chi connectivity index (χ4v) is 5.38. The van der Waals surface area contributed by atoms with Crippen LogP contribution in [0, 0.1) is 11.8 Å². The molecule has 17 heavy (non-hydrogen) atoms. The number of rotatable bonds is 2. The van der Waals surface area contributed by atoms with Crippen molar-refractivity contribution < 1.29 is 13.5 Å². The molecular formula is C13H24O3S. The average molecular weight is 260 g/mol. The fourth-order valence-electron chi connectivity index (χ4n) is 3.29. The Kier molecular flexibility index (Phi) is 4.14. The van der Waals surface area contributed by atoms with Crippen molar-refractivity contribution >= 4 is 9.84 Å². The summed E-state index contributed by atoms with van der Waals surface area (Å²) in [4.78, 5) is 0. The lowest BCUT2D eigenvalue weighted by Gasteiger charge is -2.35. The van der Waals surface area contributed by atoms with E-state index in [1.165, 1.54) is 0 Å². The van der Waals surface area contributed by atoms with Gasteiger partial charge in [0, 0.05) is 0 Å². The van der Waals surface area contributed by atoms with Gasteiger partial charge in [0.1, 0.15) is 0 Å². The van der Waals surface area contributed by atoms with Crippen molar-refractivity contribution in [3.05, 3.63) is 0 Å². The Bertz CT molecular complexity index is 342. The molecular weight excluding hydrogens is 236 g/mol. The van der Waals surface area contributed by atoms with Crippen LogP contribution in [0.1, 0.15) is 51.9 Å². The van der Waals surface area contributed by atoms with E-state index in [0.29, 0.717) is 6.42 Å². The Morgan fingerprint density at radius 1 is 1.06 bits per heavy atom. The molecule has 2 aliphatic rings. The van der Waals surface area contributed by atoms with Crippen molar-refractivity contribution in [2.75, 3.05) is 5.75 Å². The van der Waals surface area contributed by atoms with Crippen molar-refractivity contribution in [3.63, 3.8) is 0 Å². The molecule has 0 bridgehead atoms. The number of aliphatic hydroxyl groups is 1. The van der Waals surface area contributed by atoms with E-state index in [-0.39, 0.29) is 11.7 Å². The second-order valence-electron chi connectivity index (χ2n) is 5.91. The van der Waals surface area contributed by atoms with Gasteiger partial charge in [-0.05, 0) is 37.5 Å². The molecule has 0 spiro atoms. The van der Waals surface area contributed by atoms with Crippen LogP contribution in [0.15, 0.2) is 0 Å². The molecule has 0 amide bonds. The maximum Gasteiger partial charge on any atom is 0.155 e. The summed E-state index contributed by atoms with van der Waals surface area (Å²) < 4.78 is 23.9. The molecule has 1 N–H and O–H groups in total. The van der Waals surface area contributed by atoms with Crippen molar-refractivity contribution in [1.29, 1.82) is 0 Å². The maximum atomic E-state index is 12.0. The van der Waals surface area contributed by atoms with Gasteiger partial charge in [0.05, 0.1) is 17.1 Å². The predicted molar refractivity (Wildman–Crippen MR) is 68.6 cm³/mol. The summed E-state index contributed by atoms with van der Waals surface area (Å²) in [6.45, 7) is 2.24. The third-order valence-corrected chi connectivity index (χ3v) is 6.85. The van der Waals surface area contributed by atoms with Crippen LogP contribution >= 0.6 is 0 Å². The molecule has 1 saturated carbocycles. The lowest BCUT2D eigenvalue weighted by atomic mass is 9.79. The van der Waals surface area contributed by atoms with E-state index in [2.05, 4.69) is 6.92 Å². The molecule has 2 fully saturated rings. The molecule has 0 aromatic heterocycles. The largest absolute Gasteiger partial charge is 0.391 e. The van der Waals surface area contributed by atoms with Crippen LogP contribution in [-0.2, 0) is 9.84 Å². The van der Waals surface area contributed by atoms with Crippen LogP contribution in [0.5, 0.6) is 0 Å². The van der Waals surface area contributed by atoms with E-state index in [9.17, 15) is 13.5 Å². The lowest BCUT2D eigenvalue weighted by molar-refractivity contribution is 0.0682. The van der Waals surface area contributed by atoms with Crippen molar-refractivity contribution in [2.45, 2.75) is 63.2 Å². The SMILES string of the molecule is CC1CCC(C(O)C2CCCCS2(=O)=O)CC1. The zero-order valence-electron chi connectivity index (χ0n) is 10.6.